The molecule has 0 aliphatic carbocycles. The Kier molecular flexibility index (Phi) is 4.62. The highest BCUT2D eigenvalue weighted by molar-refractivity contribution is 6.34. The molecule has 17 heavy (non-hydrogen) atoms. The molecule has 1 aromatic carbocycles. The summed E-state index contributed by atoms with van der Waals surface area (Å²) in [6.45, 7) is 3.06. The maximum Gasteiger partial charge on any atom is 0.109 e. The van der Waals surface area contributed by atoms with Crippen LogP contribution in [0, 0.1) is 0 Å². The molecule has 1 saturated heterocycles. The van der Waals surface area contributed by atoms with E-state index >= 15 is 0 Å². The van der Waals surface area contributed by atoms with Gasteiger partial charge in [-0.3, -0.25) is 4.90 Å². The molecule has 0 bridgehead atoms. The van der Waals surface area contributed by atoms with Gasteiger partial charge in [-0.1, -0.05) is 23.2 Å². The first-order valence-electron chi connectivity index (χ1n) is 5.67. The molecule has 5 heteroatoms. The normalized spacial score (nSPS) is 19.2. The van der Waals surface area contributed by atoms with E-state index in [0.29, 0.717) is 10.0 Å². The van der Waals surface area contributed by atoms with Crippen molar-refractivity contribution < 1.29 is 4.39 Å². The molecule has 1 N–H and O–H groups in total. The van der Waals surface area contributed by atoms with Crippen molar-refractivity contribution in [3.8, 4) is 0 Å². The predicted octanol–water partition coefficient (Wildman–Crippen LogP) is 2.91. The first-order chi connectivity index (χ1) is 8.20. The number of benzene rings is 1. The van der Waals surface area contributed by atoms with Crippen molar-refractivity contribution in [1.82, 2.24) is 10.2 Å². The lowest BCUT2D eigenvalue weighted by Crippen LogP contribution is -2.45. The van der Waals surface area contributed by atoms with Crippen LogP contribution in [0.2, 0.25) is 10.0 Å². The van der Waals surface area contributed by atoms with Crippen LogP contribution >= 0.6 is 23.2 Å². The van der Waals surface area contributed by atoms with Gasteiger partial charge in [-0.25, -0.2) is 4.39 Å². The van der Waals surface area contributed by atoms with Crippen molar-refractivity contribution >= 4 is 23.2 Å². The fourth-order valence-corrected chi connectivity index (χ4v) is 2.70. The van der Waals surface area contributed by atoms with E-state index in [1.165, 1.54) is 0 Å². The number of alkyl halides is 1. The molecule has 0 radical (unpaired) electrons. The van der Waals surface area contributed by atoms with Crippen molar-refractivity contribution in [1.29, 1.82) is 0 Å². The minimum atomic E-state index is -0.420. The smallest absolute Gasteiger partial charge is 0.109 e. The molecule has 0 saturated carbocycles. The SMILES string of the molecule is FC[C@H](c1cc(Cl)cc(Cl)c1)N1CCNCC1. The van der Waals surface area contributed by atoms with Gasteiger partial charge in [0.05, 0.1) is 6.04 Å². The van der Waals surface area contributed by atoms with Gasteiger partial charge >= 0.3 is 0 Å². The minimum Gasteiger partial charge on any atom is -0.314 e. The van der Waals surface area contributed by atoms with Crippen LogP contribution in [0.3, 0.4) is 0 Å². The van der Waals surface area contributed by atoms with Gasteiger partial charge in [-0.15, -0.1) is 0 Å². The van der Waals surface area contributed by atoms with E-state index in [2.05, 4.69) is 10.2 Å². The Morgan fingerprint density at radius 2 is 1.76 bits per heavy atom. The number of rotatable bonds is 3. The number of halogens is 3. The van der Waals surface area contributed by atoms with Crippen LogP contribution in [-0.4, -0.2) is 37.8 Å². The lowest BCUT2D eigenvalue weighted by atomic mass is 10.1. The topological polar surface area (TPSA) is 15.3 Å². The molecule has 1 aromatic rings. The standard InChI is InChI=1S/C12H15Cl2FN2/c13-10-5-9(6-11(14)7-10)12(8-15)17-3-1-16-2-4-17/h5-7,12,16H,1-4,8H2/t12-/m1/s1. The Morgan fingerprint density at radius 1 is 1.18 bits per heavy atom. The number of nitrogens with zero attached hydrogens (tertiary/aromatic N) is 1. The summed E-state index contributed by atoms with van der Waals surface area (Å²) in [6.07, 6.45) is 0. The first-order valence-corrected chi connectivity index (χ1v) is 6.43. The van der Waals surface area contributed by atoms with Crippen LogP contribution < -0.4 is 5.32 Å². The fraction of sp³-hybridized carbons (Fsp3) is 0.500. The summed E-state index contributed by atoms with van der Waals surface area (Å²) in [6, 6.07) is 5.01. The predicted molar refractivity (Wildman–Crippen MR) is 69.6 cm³/mol. The highest BCUT2D eigenvalue weighted by Gasteiger charge is 2.22. The van der Waals surface area contributed by atoms with Gasteiger partial charge < -0.3 is 5.32 Å². The molecule has 1 aliphatic heterocycles. The van der Waals surface area contributed by atoms with Gasteiger partial charge in [0.2, 0.25) is 0 Å². The summed E-state index contributed by atoms with van der Waals surface area (Å²) < 4.78 is 13.2. The monoisotopic (exact) mass is 276 g/mol. The fourth-order valence-electron chi connectivity index (χ4n) is 2.16. The van der Waals surface area contributed by atoms with Gasteiger partial charge in [0.1, 0.15) is 6.67 Å². The van der Waals surface area contributed by atoms with E-state index in [4.69, 9.17) is 23.2 Å². The summed E-state index contributed by atoms with van der Waals surface area (Å²) in [5.41, 5.74) is 0.854. The molecular weight excluding hydrogens is 262 g/mol. The highest BCUT2D eigenvalue weighted by atomic mass is 35.5. The van der Waals surface area contributed by atoms with Crippen molar-refractivity contribution in [2.75, 3.05) is 32.9 Å². The Morgan fingerprint density at radius 3 is 2.29 bits per heavy atom. The van der Waals surface area contributed by atoms with Crippen LogP contribution in [0.1, 0.15) is 11.6 Å². The summed E-state index contributed by atoms with van der Waals surface area (Å²) in [5.74, 6) is 0. The van der Waals surface area contributed by atoms with Crippen molar-refractivity contribution in [3.05, 3.63) is 33.8 Å². The lowest BCUT2D eigenvalue weighted by molar-refractivity contribution is 0.147. The van der Waals surface area contributed by atoms with Crippen LogP contribution in [0.5, 0.6) is 0 Å². The number of nitrogens with one attached hydrogen (secondary N) is 1. The summed E-state index contributed by atoms with van der Waals surface area (Å²) in [4.78, 5) is 2.12. The molecule has 2 rings (SSSR count). The van der Waals surface area contributed by atoms with Gasteiger partial charge in [-0.2, -0.15) is 0 Å². The van der Waals surface area contributed by atoms with Crippen LogP contribution in [0.15, 0.2) is 18.2 Å². The Bertz CT molecular complexity index is 361. The minimum absolute atomic E-state index is 0.242. The van der Waals surface area contributed by atoms with Gasteiger partial charge in [0, 0.05) is 36.2 Å². The second-order valence-electron chi connectivity index (χ2n) is 4.16. The Balaban J connectivity index is 2.21. The van der Waals surface area contributed by atoms with Crippen molar-refractivity contribution in [3.63, 3.8) is 0 Å². The van der Waals surface area contributed by atoms with Gasteiger partial charge in [-0.05, 0) is 23.8 Å². The lowest BCUT2D eigenvalue weighted by Gasteiger charge is -2.33. The Hall–Kier alpha value is -0.350. The maximum absolute atomic E-state index is 13.2. The van der Waals surface area contributed by atoms with E-state index < -0.39 is 6.67 Å². The van der Waals surface area contributed by atoms with Gasteiger partial charge in [0.15, 0.2) is 0 Å². The van der Waals surface area contributed by atoms with Crippen molar-refractivity contribution in [2.45, 2.75) is 6.04 Å². The molecule has 0 aromatic heterocycles. The molecule has 1 atom stereocenters. The third-order valence-corrected chi connectivity index (χ3v) is 3.44. The summed E-state index contributed by atoms with van der Waals surface area (Å²) >= 11 is 11.9. The summed E-state index contributed by atoms with van der Waals surface area (Å²) in [7, 11) is 0. The largest absolute Gasteiger partial charge is 0.314 e. The number of piperazine rings is 1. The third-order valence-electron chi connectivity index (χ3n) is 3.01. The average Bonchev–Trinajstić information content (AvgIpc) is 2.30. The molecule has 2 nitrogen and oxygen atoms in total. The second-order valence-corrected chi connectivity index (χ2v) is 5.03. The number of hydrogen-bond donors (Lipinski definition) is 1. The second kappa shape index (κ2) is 6.01. The van der Waals surface area contributed by atoms with E-state index in [9.17, 15) is 4.39 Å². The molecule has 0 spiro atoms. The maximum atomic E-state index is 13.2. The van der Waals surface area contributed by atoms with Crippen molar-refractivity contribution in [2.24, 2.45) is 0 Å². The zero-order valence-corrected chi connectivity index (χ0v) is 10.9. The average molecular weight is 277 g/mol. The summed E-state index contributed by atoms with van der Waals surface area (Å²) in [5, 5.41) is 4.36. The zero-order valence-electron chi connectivity index (χ0n) is 9.43. The molecule has 1 aliphatic rings. The third kappa shape index (κ3) is 3.32. The Labute approximate surface area is 111 Å². The van der Waals surface area contributed by atoms with Crippen LogP contribution in [0.4, 0.5) is 4.39 Å². The zero-order chi connectivity index (χ0) is 12.3. The molecule has 0 amide bonds. The van der Waals surface area contributed by atoms with Gasteiger partial charge in [0.25, 0.3) is 0 Å². The highest BCUT2D eigenvalue weighted by Crippen LogP contribution is 2.27. The molecular formula is C12H15Cl2FN2. The first kappa shape index (κ1) is 13.1. The molecule has 94 valence electrons. The molecule has 0 unspecified atom stereocenters. The van der Waals surface area contributed by atoms with Crippen LogP contribution in [0.25, 0.3) is 0 Å². The van der Waals surface area contributed by atoms with E-state index in [0.717, 1.165) is 31.7 Å². The van der Waals surface area contributed by atoms with E-state index in [1.54, 1.807) is 18.2 Å². The van der Waals surface area contributed by atoms with Crippen LogP contribution in [-0.2, 0) is 0 Å². The quantitative estimate of drug-likeness (QED) is 0.913. The molecule has 1 fully saturated rings. The van der Waals surface area contributed by atoms with E-state index in [1.807, 2.05) is 0 Å². The number of hydrogen-bond acceptors (Lipinski definition) is 2. The molecule has 1 heterocycles. The van der Waals surface area contributed by atoms with E-state index in [-0.39, 0.29) is 6.04 Å².